The highest BCUT2D eigenvalue weighted by Crippen LogP contribution is 2.36. The van der Waals surface area contributed by atoms with E-state index in [1.54, 1.807) is 26.0 Å². The maximum Gasteiger partial charge on any atom is 0.338 e. The molecule has 2 rings (SSSR count). The van der Waals surface area contributed by atoms with Gasteiger partial charge in [-0.15, -0.1) is 0 Å². The van der Waals surface area contributed by atoms with Gasteiger partial charge in [0.1, 0.15) is 6.10 Å². The molecule has 0 N–H and O–H groups in total. The first kappa shape index (κ1) is 15.9. The van der Waals surface area contributed by atoms with Gasteiger partial charge in [-0.25, -0.2) is 9.79 Å². The molecule has 0 spiro atoms. The van der Waals surface area contributed by atoms with E-state index in [2.05, 4.69) is 4.99 Å². The summed E-state index contributed by atoms with van der Waals surface area (Å²) in [5.41, 5.74) is -0.694. The van der Waals surface area contributed by atoms with E-state index in [-0.39, 0.29) is 0 Å². The molecule has 1 aromatic carbocycles. The predicted molar refractivity (Wildman–Crippen MR) is 79.3 cm³/mol. The monoisotopic (exact) mass is 306 g/mol. The van der Waals surface area contributed by atoms with Gasteiger partial charge in [-0.3, -0.25) is 10.1 Å². The third-order valence-corrected chi connectivity index (χ3v) is 3.90. The topological polar surface area (TPSA) is 91.0 Å². The van der Waals surface area contributed by atoms with Crippen LogP contribution in [0.3, 0.4) is 0 Å². The van der Waals surface area contributed by atoms with Gasteiger partial charge in [0.15, 0.2) is 0 Å². The average molecular weight is 306 g/mol. The summed E-state index contributed by atoms with van der Waals surface area (Å²) >= 11 is 0. The highest BCUT2D eigenvalue weighted by atomic mass is 16.6. The van der Waals surface area contributed by atoms with Crippen molar-refractivity contribution in [1.29, 1.82) is 0 Å². The number of methoxy groups -OCH3 is 1. The SMILES string of the molecule is COC(=O)C1(C(C)C[N+](=O)[O-])N=C(c2ccccc2)OC1C. The van der Waals surface area contributed by atoms with Crippen molar-refractivity contribution in [2.75, 3.05) is 13.7 Å². The molecule has 1 aliphatic heterocycles. The summed E-state index contributed by atoms with van der Waals surface area (Å²) in [5, 5.41) is 10.8. The van der Waals surface area contributed by atoms with Crippen molar-refractivity contribution in [3.63, 3.8) is 0 Å². The summed E-state index contributed by atoms with van der Waals surface area (Å²) in [6.07, 6.45) is -0.648. The van der Waals surface area contributed by atoms with E-state index in [0.717, 1.165) is 0 Å². The predicted octanol–water partition coefficient (Wildman–Crippen LogP) is 1.68. The Morgan fingerprint density at radius 3 is 2.68 bits per heavy atom. The van der Waals surface area contributed by atoms with Crippen LogP contribution >= 0.6 is 0 Å². The lowest BCUT2D eigenvalue weighted by Gasteiger charge is -2.29. The number of nitrogens with zero attached hydrogens (tertiary/aromatic N) is 2. The molecular formula is C15H18N2O5. The fourth-order valence-corrected chi connectivity index (χ4v) is 2.71. The van der Waals surface area contributed by atoms with Crippen molar-refractivity contribution in [1.82, 2.24) is 0 Å². The summed E-state index contributed by atoms with van der Waals surface area (Å²) in [6.45, 7) is 2.89. The van der Waals surface area contributed by atoms with Crippen molar-refractivity contribution in [3.8, 4) is 0 Å². The van der Waals surface area contributed by atoms with Crippen LogP contribution in [0.25, 0.3) is 0 Å². The van der Waals surface area contributed by atoms with E-state index < -0.39 is 35.0 Å². The number of hydrogen-bond donors (Lipinski definition) is 0. The minimum absolute atomic E-state index is 0.300. The van der Waals surface area contributed by atoms with Crippen molar-refractivity contribution in [2.24, 2.45) is 10.9 Å². The Balaban J connectivity index is 2.46. The van der Waals surface area contributed by atoms with Gasteiger partial charge in [0.05, 0.1) is 13.0 Å². The number of carbonyl (C=O) groups excluding carboxylic acids is 1. The second-order valence-electron chi connectivity index (χ2n) is 5.28. The van der Waals surface area contributed by atoms with E-state index in [0.29, 0.717) is 11.5 Å². The standard InChI is InChI=1S/C15H18N2O5/c1-10(9-17(19)20)15(14(18)21-3)11(2)22-13(16-15)12-7-5-4-6-8-12/h4-8,10-11H,9H2,1-3H3. The lowest BCUT2D eigenvalue weighted by atomic mass is 9.81. The molecule has 22 heavy (non-hydrogen) atoms. The Bertz CT molecular complexity index is 601. The zero-order valence-corrected chi connectivity index (χ0v) is 12.7. The number of esters is 1. The van der Waals surface area contributed by atoms with Crippen LogP contribution in [0.1, 0.15) is 19.4 Å². The van der Waals surface area contributed by atoms with Crippen LogP contribution in [-0.2, 0) is 14.3 Å². The van der Waals surface area contributed by atoms with Gasteiger partial charge in [0.2, 0.25) is 18.0 Å². The number of ether oxygens (including phenoxy) is 2. The number of benzene rings is 1. The van der Waals surface area contributed by atoms with Gasteiger partial charge in [-0.2, -0.15) is 0 Å². The van der Waals surface area contributed by atoms with E-state index in [1.165, 1.54) is 7.11 Å². The molecule has 0 saturated carbocycles. The number of hydrogen-bond acceptors (Lipinski definition) is 6. The van der Waals surface area contributed by atoms with Gasteiger partial charge in [-0.05, 0) is 19.1 Å². The lowest BCUT2D eigenvalue weighted by molar-refractivity contribution is -0.489. The molecule has 1 aromatic rings. The zero-order valence-electron chi connectivity index (χ0n) is 12.7. The summed E-state index contributed by atoms with van der Waals surface area (Å²) in [5.74, 6) is -0.986. The van der Waals surface area contributed by atoms with Crippen LogP contribution in [0.5, 0.6) is 0 Å². The van der Waals surface area contributed by atoms with Crippen LogP contribution in [0.2, 0.25) is 0 Å². The van der Waals surface area contributed by atoms with Crippen LogP contribution < -0.4 is 0 Å². The fraction of sp³-hybridized carbons (Fsp3) is 0.467. The van der Waals surface area contributed by atoms with Gasteiger partial charge in [0.25, 0.3) is 0 Å². The quantitative estimate of drug-likeness (QED) is 0.469. The first-order valence-corrected chi connectivity index (χ1v) is 6.94. The van der Waals surface area contributed by atoms with Crippen molar-refractivity contribution in [3.05, 3.63) is 46.0 Å². The highest BCUT2D eigenvalue weighted by Gasteiger charge is 2.56. The Hall–Kier alpha value is -2.44. The highest BCUT2D eigenvalue weighted by molar-refractivity contribution is 5.99. The minimum atomic E-state index is -1.41. The molecule has 118 valence electrons. The molecule has 0 aliphatic carbocycles. The first-order chi connectivity index (χ1) is 10.4. The Morgan fingerprint density at radius 1 is 1.50 bits per heavy atom. The van der Waals surface area contributed by atoms with Crippen molar-refractivity contribution in [2.45, 2.75) is 25.5 Å². The number of carbonyl (C=O) groups is 1. The lowest BCUT2D eigenvalue weighted by Crippen LogP contribution is -2.52. The largest absolute Gasteiger partial charge is 0.471 e. The smallest absolute Gasteiger partial charge is 0.338 e. The Morgan fingerprint density at radius 2 is 2.14 bits per heavy atom. The number of aliphatic imine (C=N–C) groups is 1. The molecule has 0 radical (unpaired) electrons. The molecule has 0 bridgehead atoms. The normalized spacial score (nSPS) is 25.0. The number of nitro groups is 1. The van der Waals surface area contributed by atoms with E-state index in [9.17, 15) is 14.9 Å². The number of rotatable bonds is 5. The molecular weight excluding hydrogens is 288 g/mol. The van der Waals surface area contributed by atoms with Crippen LogP contribution in [-0.4, -0.2) is 42.1 Å². The Kier molecular flexibility index (Phi) is 4.44. The van der Waals surface area contributed by atoms with Crippen LogP contribution in [0.4, 0.5) is 0 Å². The van der Waals surface area contributed by atoms with Gasteiger partial charge in [0, 0.05) is 10.5 Å². The van der Waals surface area contributed by atoms with E-state index >= 15 is 0 Å². The molecule has 0 amide bonds. The van der Waals surface area contributed by atoms with Crippen molar-refractivity contribution >= 4 is 11.9 Å². The maximum atomic E-state index is 12.3. The third-order valence-electron chi connectivity index (χ3n) is 3.90. The molecule has 1 heterocycles. The molecule has 0 saturated heterocycles. The molecule has 0 fully saturated rings. The molecule has 7 nitrogen and oxygen atoms in total. The van der Waals surface area contributed by atoms with Gasteiger partial charge in [-0.1, -0.05) is 25.1 Å². The molecule has 1 aliphatic rings. The second kappa shape index (κ2) is 6.13. The van der Waals surface area contributed by atoms with Gasteiger partial charge >= 0.3 is 5.97 Å². The zero-order chi connectivity index (χ0) is 16.3. The third kappa shape index (κ3) is 2.66. The Labute approximate surface area is 128 Å². The summed E-state index contributed by atoms with van der Waals surface area (Å²) in [7, 11) is 1.24. The molecule has 7 heteroatoms. The summed E-state index contributed by atoms with van der Waals surface area (Å²) < 4.78 is 10.6. The summed E-state index contributed by atoms with van der Waals surface area (Å²) in [4.78, 5) is 27.1. The second-order valence-corrected chi connectivity index (χ2v) is 5.28. The maximum absolute atomic E-state index is 12.3. The molecule has 3 atom stereocenters. The van der Waals surface area contributed by atoms with Crippen molar-refractivity contribution < 1.29 is 19.2 Å². The van der Waals surface area contributed by atoms with Crippen LogP contribution in [0.15, 0.2) is 35.3 Å². The van der Waals surface area contributed by atoms with Crippen LogP contribution in [0, 0.1) is 16.0 Å². The minimum Gasteiger partial charge on any atom is -0.471 e. The van der Waals surface area contributed by atoms with E-state index in [1.807, 2.05) is 18.2 Å². The molecule has 0 aromatic heterocycles. The van der Waals surface area contributed by atoms with E-state index in [4.69, 9.17) is 9.47 Å². The molecule has 3 unspecified atom stereocenters. The fourth-order valence-electron chi connectivity index (χ4n) is 2.71. The first-order valence-electron chi connectivity index (χ1n) is 6.94. The van der Waals surface area contributed by atoms with Gasteiger partial charge < -0.3 is 9.47 Å². The average Bonchev–Trinajstić information content (AvgIpc) is 2.85. The summed E-state index contributed by atoms with van der Waals surface area (Å²) in [6, 6.07) is 9.11.